The number of nitrogens with zero attached hydrogens (tertiary/aromatic N) is 2. The molecular weight excluding hydrogens is 524 g/mol. The third-order valence-electron chi connectivity index (χ3n) is 6.70. The number of para-hydroxylation sites is 1. The fourth-order valence-electron chi connectivity index (χ4n) is 4.37. The van der Waals surface area contributed by atoms with E-state index >= 15 is 0 Å². The van der Waals surface area contributed by atoms with Crippen LogP contribution in [0.5, 0.6) is 0 Å². The Balaban J connectivity index is 1.81. The number of carbonyl (C=O) groups is 4. The van der Waals surface area contributed by atoms with E-state index in [9.17, 15) is 19.2 Å². The van der Waals surface area contributed by atoms with Gasteiger partial charge in [-0.1, -0.05) is 61.5 Å². The van der Waals surface area contributed by atoms with Crippen LogP contribution in [0.3, 0.4) is 0 Å². The van der Waals surface area contributed by atoms with E-state index in [0.717, 1.165) is 10.9 Å². The van der Waals surface area contributed by atoms with Crippen molar-refractivity contribution in [2.45, 2.75) is 51.7 Å². The first-order chi connectivity index (χ1) is 19.6. The number of benzene rings is 2. The van der Waals surface area contributed by atoms with Gasteiger partial charge in [-0.05, 0) is 43.9 Å². The van der Waals surface area contributed by atoms with Crippen molar-refractivity contribution in [1.82, 2.24) is 26.1 Å². The fraction of sp³-hybridized carbons (Fsp3) is 0.367. The van der Waals surface area contributed by atoms with Crippen molar-refractivity contribution in [3.05, 3.63) is 78.0 Å². The van der Waals surface area contributed by atoms with Crippen LogP contribution in [0, 0.1) is 5.92 Å². The van der Waals surface area contributed by atoms with Crippen LogP contribution >= 0.6 is 0 Å². The molecule has 41 heavy (non-hydrogen) atoms. The van der Waals surface area contributed by atoms with E-state index in [1.54, 1.807) is 23.2 Å². The smallest absolute Gasteiger partial charge is 0.421 e. The molecule has 0 spiro atoms. The summed E-state index contributed by atoms with van der Waals surface area (Å²) >= 11 is 0. The Morgan fingerprint density at radius 3 is 2.27 bits per heavy atom. The van der Waals surface area contributed by atoms with Crippen molar-refractivity contribution >= 4 is 34.7 Å². The molecule has 0 saturated heterocycles. The molecule has 0 fully saturated rings. The minimum absolute atomic E-state index is 0.0546. The molecule has 0 aliphatic heterocycles. The van der Waals surface area contributed by atoms with Gasteiger partial charge in [0.25, 0.3) is 5.91 Å². The zero-order valence-electron chi connectivity index (χ0n) is 23.8. The highest BCUT2D eigenvalue weighted by molar-refractivity contribution is 5.99. The van der Waals surface area contributed by atoms with E-state index in [1.807, 2.05) is 69.3 Å². The predicted octanol–water partition coefficient (Wildman–Crippen LogP) is 2.55. The molecule has 0 saturated carbocycles. The van der Waals surface area contributed by atoms with Gasteiger partial charge in [0.2, 0.25) is 11.8 Å². The zero-order chi connectivity index (χ0) is 29.9. The molecule has 1 unspecified atom stereocenters. The summed E-state index contributed by atoms with van der Waals surface area (Å²) in [7, 11) is 1.29. The summed E-state index contributed by atoms with van der Waals surface area (Å²) in [5, 5.41) is 8.24. The molecule has 0 aliphatic carbocycles. The van der Waals surface area contributed by atoms with Gasteiger partial charge in [-0.25, -0.2) is 14.8 Å². The predicted molar refractivity (Wildman–Crippen MR) is 155 cm³/mol. The molecule has 0 bridgehead atoms. The quantitative estimate of drug-likeness (QED) is 0.233. The normalized spacial score (nSPS) is 13.3. The van der Waals surface area contributed by atoms with Crippen molar-refractivity contribution in [1.29, 1.82) is 0 Å². The number of nitrogens with two attached hydrogens (primary N) is 1. The maximum Gasteiger partial charge on any atom is 0.421 e. The van der Waals surface area contributed by atoms with Crippen molar-refractivity contribution in [2.75, 3.05) is 13.7 Å². The van der Waals surface area contributed by atoms with Gasteiger partial charge in [0.1, 0.15) is 11.7 Å². The highest BCUT2D eigenvalue weighted by atomic mass is 16.5. The third kappa shape index (κ3) is 9.28. The second-order valence-electron chi connectivity index (χ2n) is 10.2. The lowest BCUT2D eigenvalue weighted by atomic mass is 9.93. The number of hydrogen-bond acceptors (Lipinski definition) is 7. The zero-order valence-corrected chi connectivity index (χ0v) is 23.8. The number of pyridine rings is 1. The van der Waals surface area contributed by atoms with Gasteiger partial charge in [0.05, 0.1) is 19.0 Å². The van der Waals surface area contributed by atoms with Crippen LogP contribution < -0.4 is 21.8 Å². The number of nitrogens with one attached hydrogen (secondary N) is 3. The highest BCUT2D eigenvalue weighted by Gasteiger charge is 2.29. The van der Waals surface area contributed by atoms with E-state index in [4.69, 9.17) is 10.5 Å². The third-order valence-corrected chi connectivity index (χ3v) is 6.70. The van der Waals surface area contributed by atoms with E-state index < -0.39 is 35.9 Å². The largest absolute Gasteiger partial charge is 0.452 e. The average Bonchev–Trinajstić information content (AvgIpc) is 2.95. The summed E-state index contributed by atoms with van der Waals surface area (Å²) in [5.74, 6) is -2.07. The first-order valence-corrected chi connectivity index (χ1v) is 13.5. The summed E-state index contributed by atoms with van der Waals surface area (Å²) in [6.07, 6.45) is -0.512. The number of methoxy groups -OCH3 is 1. The SMILES string of the molecule is COC(=O)NN(CC(C)[C@H](Cc1ccccc1)NC(=O)[C@H](CC(N)=O)NC(=O)c1ccc2ccccc2n1)C(C)C. The topological polar surface area (TPSA) is 156 Å². The Morgan fingerprint density at radius 2 is 1.61 bits per heavy atom. The summed E-state index contributed by atoms with van der Waals surface area (Å²) < 4.78 is 4.75. The van der Waals surface area contributed by atoms with Crippen LogP contribution in [0.4, 0.5) is 4.79 Å². The van der Waals surface area contributed by atoms with Crippen molar-refractivity contribution in [3.8, 4) is 0 Å². The standard InChI is InChI=1S/C30H38N6O5/c1-19(2)36(35-30(40)41-4)18-20(3)25(16-21-10-6-5-7-11-21)33-29(39)26(17-27(31)37)34-28(38)24-15-14-22-12-8-9-13-23(22)32-24/h5-15,19-20,25-26H,16-18H2,1-4H3,(H2,31,37)(H,33,39)(H,34,38)(H,35,40)/t20?,25-,26-/m0/s1. The average molecular weight is 563 g/mol. The number of rotatable bonds is 13. The van der Waals surface area contributed by atoms with Gasteiger partial charge < -0.3 is 21.1 Å². The molecule has 3 atom stereocenters. The van der Waals surface area contributed by atoms with Crippen LogP contribution in [0.15, 0.2) is 66.7 Å². The molecule has 11 heteroatoms. The number of fused-ring (bicyclic) bond motifs is 1. The first kappa shape index (κ1) is 31.0. The number of carbonyl (C=O) groups excluding carboxylic acids is 4. The Labute approximate surface area is 239 Å². The number of hydrogen-bond donors (Lipinski definition) is 4. The van der Waals surface area contributed by atoms with E-state index in [0.29, 0.717) is 18.5 Å². The molecule has 1 aromatic heterocycles. The molecule has 3 aromatic rings. The molecule has 0 aliphatic rings. The van der Waals surface area contributed by atoms with Crippen LogP contribution in [0.2, 0.25) is 0 Å². The minimum atomic E-state index is -1.21. The van der Waals surface area contributed by atoms with E-state index in [2.05, 4.69) is 21.0 Å². The summed E-state index contributed by atoms with van der Waals surface area (Å²) in [6.45, 7) is 6.18. The fourth-order valence-corrected chi connectivity index (χ4v) is 4.37. The summed E-state index contributed by atoms with van der Waals surface area (Å²) in [6, 6.07) is 18.6. The Bertz CT molecular complexity index is 1350. The lowest BCUT2D eigenvalue weighted by Crippen LogP contribution is -2.55. The molecule has 1 heterocycles. The molecule has 0 radical (unpaired) electrons. The van der Waals surface area contributed by atoms with Gasteiger partial charge in [-0.15, -0.1) is 0 Å². The molecule has 3 rings (SSSR count). The van der Waals surface area contributed by atoms with E-state index in [1.165, 1.54) is 7.11 Å². The number of hydrazine groups is 1. The maximum atomic E-state index is 13.5. The molecule has 5 N–H and O–H groups in total. The first-order valence-electron chi connectivity index (χ1n) is 13.5. The Morgan fingerprint density at radius 1 is 0.927 bits per heavy atom. The lowest BCUT2D eigenvalue weighted by Gasteiger charge is -2.33. The highest BCUT2D eigenvalue weighted by Crippen LogP contribution is 2.15. The van der Waals surface area contributed by atoms with Crippen LogP contribution in [-0.4, -0.2) is 65.6 Å². The Kier molecular flexibility index (Phi) is 11.2. The van der Waals surface area contributed by atoms with E-state index in [-0.39, 0.29) is 24.1 Å². The lowest BCUT2D eigenvalue weighted by molar-refractivity contribution is -0.127. The van der Waals surface area contributed by atoms with Crippen LogP contribution in [0.25, 0.3) is 10.9 Å². The number of primary amides is 1. The molecule has 11 nitrogen and oxygen atoms in total. The van der Waals surface area contributed by atoms with Gasteiger partial charge in [0, 0.05) is 24.0 Å². The summed E-state index contributed by atoms with van der Waals surface area (Å²) in [5.41, 5.74) is 9.88. The number of ether oxygens (including phenoxy) is 1. The molecule has 218 valence electrons. The maximum absolute atomic E-state index is 13.5. The van der Waals surface area contributed by atoms with Gasteiger partial charge in [0.15, 0.2) is 0 Å². The van der Waals surface area contributed by atoms with Gasteiger partial charge >= 0.3 is 6.09 Å². The van der Waals surface area contributed by atoms with Gasteiger partial charge in [-0.3, -0.25) is 19.8 Å². The van der Waals surface area contributed by atoms with Crippen molar-refractivity contribution in [3.63, 3.8) is 0 Å². The second kappa shape index (κ2) is 14.8. The molecule has 4 amide bonds. The van der Waals surface area contributed by atoms with Crippen LogP contribution in [-0.2, 0) is 20.7 Å². The second-order valence-corrected chi connectivity index (χ2v) is 10.2. The number of aromatic nitrogens is 1. The van der Waals surface area contributed by atoms with Crippen molar-refractivity contribution in [2.24, 2.45) is 11.7 Å². The molecule has 2 aromatic carbocycles. The van der Waals surface area contributed by atoms with Crippen LogP contribution in [0.1, 0.15) is 43.2 Å². The Hall–Kier alpha value is -4.51. The number of amides is 4. The van der Waals surface area contributed by atoms with Gasteiger partial charge in [-0.2, -0.15) is 0 Å². The molecular formula is C30H38N6O5. The van der Waals surface area contributed by atoms with Crippen molar-refractivity contribution < 1.29 is 23.9 Å². The minimum Gasteiger partial charge on any atom is -0.452 e. The monoisotopic (exact) mass is 562 g/mol. The summed E-state index contributed by atoms with van der Waals surface area (Å²) in [4.78, 5) is 54.8.